The van der Waals surface area contributed by atoms with Crippen molar-refractivity contribution in [2.45, 2.75) is 20.3 Å². The Morgan fingerprint density at radius 3 is 1.57 bits per heavy atom. The summed E-state index contributed by atoms with van der Waals surface area (Å²) in [6, 6.07) is 32.0. The molecule has 144 valence electrons. The van der Waals surface area contributed by atoms with E-state index in [4.69, 9.17) is 4.74 Å². The molecule has 0 amide bonds. The third-order valence-electron chi connectivity index (χ3n) is 4.76. The van der Waals surface area contributed by atoms with Gasteiger partial charge >= 0.3 is 5.97 Å². The van der Waals surface area contributed by atoms with Crippen LogP contribution in [-0.2, 0) is 9.53 Å². The minimum atomic E-state index is -2.02. The van der Waals surface area contributed by atoms with Gasteiger partial charge in [0.1, 0.15) is 0 Å². The molecule has 0 aromatic heterocycles. The van der Waals surface area contributed by atoms with E-state index in [-0.39, 0.29) is 11.9 Å². The molecule has 0 aliphatic rings. The van der Waals surface area contributed by atoms with Crippen LogP contribution >= 0.6 is 6.89 Å². The Morgan fingerprint density at radius 2 is 1.21 bits per heavy atom. The van der Waals surface area contributed by atoms with E-state index >= 15 is 0 Å². The highest BCUT2D eigenvalue weighted by molar-refractivity contribution is 7.94. The van der Waals surface area contributed by atoms with Crippen LogP contribution in [0.4, 0.5) is 0 Å². The number of carbonyl (C=O) groups excluding carboxylic acids is 1. The van der Waals surface area contributed by atoms with Crippen LogP contribution in [0.5, 0.6) is 0 Å². The van der Waals surface area contributed by atoms with Crippen molar-refractivity contribution in [2.75, 3.05) is 6.61 Å². The minimum absolute atomic E-state index is 0.0907. The zero-order valence-corrected chi connectivity index (χ0v) is 17.4. The second kappa shape index (κ2) is 9.57. The van der Waals surface area contributed by atoms with Crippen molar-refractivity contribution in [2.24, 2.45) is 5.92 Å². The lowest BCUT2D eigenvalue weighted by atomic mass is 10.1. The number of esters is 1. The number of carbonyl (C=O) groups is 1. The fourth-order valence-corrected chi connectivity index (χ4v) is 7.82. The van der Waals surface area contributed by atoms with Gasteiger partial charge in [-0.25, -0.2) is 0 Å². The maximum Gasteiger partial charge on any atom is 0.306 e. The summed E-state index contributed by atoms with van der Waals surface area (Å²) in [6.07, 6.45) is 0.391. The van der Waals surface area contributed by atoms with Crippen LogP contribution in [0.1, 0.15) is 20.3 Å². The molecule has 3 aromatic rings. The van der Waals surface area contributed by atoms with Gasteiger partial charge < -0.3 is 4.74 Å². The molecule has 28 heavy (non-hydrogen) atoms. The Hall–Kier alpha value is -2.57. The lowest BCUT2D eigenvalue weighted by molar-refractivity contribution is -0.143. The predicted octanol–water partition coefficient (Wildman–Crippen LogP) is 4.37. The van der Waals surface area contributed by atoms with Crippen LogP contribution in [0.2, 0.25) is 0 Å². The van der Waals surface area contributed by atoms with Gasteiger partial charge in [0.2, 0.25) is 0 Å². The summed E-state index contributed by atoms with van der Waals surface area (Å²) < 4.78 is 5.20. The molecule has 0 fully saturated rings. The first kappa shape index (κ1) is 20.2. The van der Waals surface area contributed by atoms with Crippen LogP contribution in [0.15, 0.2) is 91.0 Å². The Morgan fingerprint density at radius 1 is 0.821 bits per heavy atom. The van der Waals surface area contributed by atoms with Crippen LogP contribution in [0.3, 0.4) is 0 Å². The Labute approximate surface area is 168 Å². The lowest BCUT2D eigenvalue weighted by Gasteiger charge is -2.30. The van der Waals surface area contributed by atoms with Crippen molar-refractivity contribution in [3.8, 4) is 0 Å². The number of rotatable bonds is 7. The molecule has 0 saturated heterocycles. The summed E-state index contributed by atoms with van der Waals surface area (Å²) in [5, 5.41) is 3.88. The van der Waals surface area contributed by atoms with Gasteiger partial charge in [-0.2, -0.15) is 0 Å². The fourth-order valence-electron chi connectivity index (χ4n) is 3.61. The van der Waals surface area contributed by atoms with E-state index in [0.29, 0.717) is 13.0 Å². The van der Waals surface area contributed by atoms with Crippen molar-refractivity contribution in [3.05, 3.63) is 91.0 Å². The van der Waals surface area contributed by atoms with Gasteiger partial charge in [-0.1, -0.05) is 104 Å². The SMILES string of the molecule is CCOC(=O)CC(C)C=P(c1ccccc1)(c1ccccc1)c1ccccc1. The summed E-state index contributed by atoms with van der Waals surface area (Å²) in [5.74, 6) is 2.36. The molecule has 0 bridgehead atoms. The maximum atomic E-state index is 12.1. The number of hydrogen-bond donors (Lipinski definition) is 0. The molecule has 2 nitrogen and oxygen atoms in total. The number of ether oxygens (including phenoxy) is 1. The number of benzene rings is 3. The van der Waals surface area contributed by atoms with Gasteiger partial charge in [0.15, 0.2) is 0 Å². The monoisotopic (exact) mass is 390 g/mol. The molecule has 0 saturated carbocycles. The predicted molar refractivity (Wildman–Crippen MR) is 122 cm³/mol. The van der Waals surface area contributed by atoms with Crippen molar-refractivity contribution < 1.29 is 9.53 Å². The first-order valence-electron chi connectivity index (χ1n) is 9.74. The Balaban J connectivity index is 2.25. The summed E-state index contributed by atoms with van der Waals surface area (Å²) in [7, 11) is 0. The van der Waals surface area contributed by atoms with Gasteiger partial charge in [-0.3, -0.25) is 4.79 Å². The molecule has 0 spiro atoms. The third kappa shape index (κ3) is 4.46. The zero-order valence-electron chi connectivity index (χ0n) is 16.5. The van der Waals surface area contributed by atoms with Crippen LogP contribution < -0.4 is 15.9 Å². The van der Waals surface area contributed by atoms with Gasteiger partial charge in [-0.15, -0.1) is 0 Å². The summed E-state index contributed by atoms with van der Waals surface area (Å²) in [5.41, 5.74) is 0. The topological polar surface area (TPSA) is 26.3 Å². The van der Waals surface area contributed by atoms with Gasteiger partial charge in [0, 0.05) is 0 Å². The molecule has 0 aliphatic heterocycles. The molecule has 3 heteroatoms. The molecular weight excluding hydrogens is 363 g/mol. The third-order valence-corrected chi connectivity index (χ3v) is 9.06. The van der Waals surface area contributed by atoms with E-state index in [0.717, 1.165) is 0 Å². The maximum absolute atomic E-state index is 12.1. The van der Waals surface area contributed by atoms with Gasteiger partial charge in [0.05, 0.1) is 13.0 Å². The van der Waals surface area contributed by atoms with Crippen LogP contribution in [0.25, 0.3) is 0 Å². The molecular formula is C25H27O2P. The van der Waals surface area contributed by atoms with Gasteiger partial charge in [-0.05, 0) is 35.6 Å². The average Bonchev–Trinajstić information content (AvgIpc) is 2.74. The van der Waals surface area contributed by atoms with Crippen molar-refractivity contribution in [1.82, 2.24) is 0 Å². The molecule has 0 aliphatic carbocycles. The second-order valence-corrected chi connectivity index (χ2v) is 10.2. The quantitative estimate of drug-likeness (QED) is 0.442. The number of hydrogen-bond acceptors (Lipinski definition) is 2. The summed E-state index contributed by atoms with van der Waals surface area (Å²) in [6.45, 7) is 2.36. The molecule has 1 unspecified atom stereocenters. The first-order chi connectivity index (χ1) is 13.7. The van der Waals surface area contributed by atoms with Crippen LogP contribution in [-0.4, -0.2) is 18.4 Å². The highest BCUT2D eigenvalue weighted by Gasteiger charge is 2.26. The van der Waals surface area contributed by atoms with E-state index in [1.807, 2.05) is 6.92 Å². The molecule has 3 rings (SSSR count). The van der Waals surface area contributed by atoms with E-state index in [9.17, 15) is 4.79 Å². The van der Waals surface area contributed by atoms with Crippen molar-refractivity contribution >= 4 is 34.6 Å². The van der Waals surface area contributed by atoms with E-state index in [2.05, 4.69) is 104 Å². The molecule has 3 aromatic carbocycles. The first-order valence-corrected chi connectivity index (χ1v) is 11.6. The highest BCUT2D eigenvalue weighted by Crippen LogP contribution is 2.44. The molecule has 0 radical (unpaired) electrons. The molecule has 0 heterocycles. The van der Waals surface area contributed by atoms with Crippen LogP contribution in [0, 0.1) is 5.92 Å². The summed E-state index contributed by atoms with van der Waals surface area (Å²) >= 11 is 0. The summed E-state index contributed by atoms with van der Waals surface area (Å²) in [4.78, 5) is 12.1. The fraction of sp³-hybridized carbons (Fsp3) is 0.200. The molecule has 1 atom stereocenters. The second-order valence-electron chi connectivity index (χ2n) is 6.86. The minimum Gasteiger partial charge on any atom is -0.466 e. The highest BCUT2D eigenvalue weighted by atomic mass is 31.2. The van der Waals surface area contributed by atoms with Gasteiger partial charge in [0.25, 0.3) is 0 Å². The van der Waals surface area contributed by atoms with Crippen molar-refractivity contribution in [3.63, 3.8) is 0 Å². The lowest BCUT2D eigenvalue weighted by Crippen LogP contribution is -2.28. The molecule has 0 N–H and O–H groups in total. The van der Waals surface area contributed by atoms with E-state index < -0.39 is 6.89 Å². The van der Waals surface area contributed by atoms with Crippen molar-refractivity contribution in [1.29, 1.82) is 0 Å². The standard InChI is InChI=1S/C25H27O2P/c1-3-27-25(26)19-21(2)20-28(22-13-7-4-8-14-22,23-15-9-5-10-16-23)24-17-11-6-12-18-24/h4-18,20-21H,3,19H2,1-2H3. The normalized spacial score (nSPS) is 12.2. The van der Waals surface area contributed by atoms with E-state index in [1.165, 1.54) is 15.9 Å². The smallest absolute Gasteiger partial charge is 0.306 e. The Bertz CT molecular complexity index is 831. The average molecular weight is 390 g/mol. The Kier molecular flexibility index (Phi) is 6.90. The zero-order chi connectivity index (χ0) is 19.8. The van der Waals surface area contributed by atoms with E-state index in [1.54, 1.807) is 0 Å². The largest absolute Gasteiger partial charge is 0.466 e.